The Hall–Kier alpha value is -2.41. The Labute approximate surface area is 155 Å². The maximum absolute atomic E-state index is 12.5. The summed E-state index contributed by atoms with van der Waals surface area (Å²) in [6.07, 6.45) is 1.85. The summed E-state index contributed by atoms with van der Waals surface area (Å²) in [4.78, 5) is 12.5. The van der Waals surface area contributed by atoms with Crippen molar-refractivity contribution in [2.75, 3.05) is 5.32 Å². The van der Waals surface area contributed by atoms with Crippen molar-refractivity contribution in [2.24, 2.45) is 0 Å². The molecule has 0 aliphatic carbocycles. The maximum atomic E-state index is 12.5. The number of aryl methyl sites for hydroxylation is 1. The van der Waals surface area contributed by atoms with Crippen LogP contribution in [-0.2, 0) is 11.3 Å². The van der Waals surface area contributed by atoms with Crippen LogP contribution in [0.15, 0.2) is 47.1 Å². The second kappa shape index (κ2) is 7.23. The van der Waals surface area contributed by atoms with Gasteiger partial charge in [0.2, 0.25) is 5.91 Å². The second-order valence-corrected chi connectivity index (χ2v) is 6.77. The molecule has 1 aromatic carbocycles. The van der Waals surface area contributed by atoms with Gasteiger partial charge in [0.1, 0.15) is 6.04 Å². The first-order valence-electron chi connectivity index (χ1n) is 8.05. The normalized spacial score (nSPS) is 12.2. The summed E-state index contributed by atoms with van der Waals surface area (Å²) in [6.45, 7) is 6.32. The fourth-order valence-electron chi connectivity index (χ4n) is 2.65. The lowest BCUT2D eigenvalue weighted by Gasteiger charge is -2.13. The van der Waals surface area contributed by atoms with Gasteiger partial charge in [0.25, 0.3) is 0 Å². The summed E-state index contributed by atoms with van der Waals surface area (Å²) < 4.78 is 4.45. The number of hydrogen-bond acceptors (Lipinski definition) is 3. The molecule has 130 valence electrons. The minimum atomic E-state index is -0.427. The monoisotopic (exact) mass is 401 g/mol. The summed E-state index contributed by atoms with van der Waals surface area (Å²) in [5.74, 6) is 0.386. The van der Waals surface area contributed by atoms with E-state index in [4.69, 9.17) is 0 Å². The Morgan fingerprint density at radius 3 is 2.56 bits per heavy atom. The van der Waals surface area contributed by atoms with Gasteiger partial charge in [0, 0.05) is 12.3 Å². The second-order valence-electron chi connectivity index (χ2n) is 5.98. The first-order valence-corrected chi connectivity index (χ1v) is 8.84. The third-order valence-electron chi connectivity index (χ3n) is 4.06. The van der Waals surface area contributed by atoms with Crippen LogP contribution < -0.4 is 5.32 Å². The molecule has 0 aliphatic heterocycles. The summed E-state index contributed by atoms with van der Waals surface area (Å²) in [5, 5.41) is 11.7. The molecular formula is C18H20BrN5O. The number of carbonyl (C=O) groups excluding carboxylic acids is 1. The SMILES string of the molecule is Cc1nn(C(C)C(=O)Nc2ccn(Cc3ccccc3)n2)c(C)c1Br. The standard InChI is InChI=1S/C18H20BrN5O/c1-12-17(19)13(2)24(21-12)14(3)18(25)20-16-9-10-23(22-16)11-15-7-5-4-6-8-15/h4-10,14H,11H2,1-3H3,(H,20,22,25). The number of halogens is 1. The zero-order chi connectivity index (χ0) is 18.0. The fraction of sp³-hybridized carbons (Fsp3) is 0.278. The zero-order valence-corrected chi connectivity index (χ0v) is 16.0. The van der Waals surface area contributed by atoms with Crippen LogP contribution in [0.4, 0.5) is 5.82 Å². The molecule has 2 aromatic heterocycles. The van der Waals surface area contributed by atoms with E-state index in [-0.39, 0.29) is 5.91 Å². The molecule has 3 rings (SSSR count). The molecule has 6 nitrogen and oxygen atoms in total. The van der Waals surface area contributed by atoms with Gasteiger partial charge in [0.15, 0.2) is 5.82 Å². The summed E-state index contributed by atoms with van der Waals surface area (Å²) in [7, 11) is 0. The molecular weight excluding hydrogens is 382 g/mol. The highest BCUT2D eigenvalue weighted by Gasteiger charge is 2.21. The molecule has 0 saturated heterocycles. The predicted octanol–water partition coefficient (Wildman–Crippen LogP) is 3.71. The first kappa shape index (κ1) is 17.4. The number of nitrogens with one attached hydrogen (secondary N) is 1. The molecule has 3 aromatic rings. The quantitative estimate of drug-likeness (QED) is 0.708. The van der Waals surface area contributed by atoms with Crippen molar-refractivity contribution < 1.29 is 4.79 Å². The molecule has 1 N–H and O–H groups in total. The number of hydrogen-bond donors (Lipinski definition) is 1. The number of amides is 1. The average molecular weight is 402 g/mol. The van der Waals surface area contributed by atoms with Gasteiger partial charge in [-0.3, -0.25) is 14.2 Å². The van der Waals surface area contributed by atoms with Crippen molar-refractivity contribution in [2.45, 2.75) is 33.4 Å². The van der Waals surface area contributed by atoms with Crippen molar-refractivity contribution in [3.8, 4) is 0 Å². The number of rotatable bonds is 5. The lowest BCUT2D eigenvalue weighted by molar-refractivity contribution is -0.119. The number of aromatic nitrogens is 4. The first-order chi connectivity index (χ1) is 12.0. The highest BCUT2D eigenvalue weighted by Crippen LogP contribution is 2.23. The van der Waals surface area contributed by atoms with Crippen LogP contribution in [0.1, 0.15) is 29.9 Å². The van der Waals surface area contributed by atoms with E-state index in [2.05, 4.69) is 31.4 Å². The van der Waals surface area contributed by atoms with Crippen LogP contribution in [0.5, 0.6) is 0 Å². The van der Waals surface area contributed by atoms with Crippen LogP contribution in [0.3, 0.4) is 0 Å². The molecule has 1 amide bonds. The topological polar surface area (TPSA) is 64.7 Å². The van der Waals surface area contributed by atoms with Gasteiger partial charge in [0.05, 0.1) is 22.4 Å². The van der Waals surface area contributed by atoms with E-state index in [1.165, 1.54) is 0 Å². The Morgan fingerprint density at radius 1 is 1.20 bits per heavy atom. The fourth-order valence-corrected chi connectivity index (χ4v) is 2.91. The van der Waals surface area contributed by atoms with Gasteiger partial charge >= 0.3 is 0 Å². The molecule has 1 atom stereocenters. The van der Waals surface area contributed by atoms with Crippen molar-refractivity contribution in [1.82, 2.24) is 19.6 Å². The van der Waals surface area contributed by atoms with Gasteiger partial charge in [-0.25, -0.2) is 0 Å². The Kier molecular flexibility index (Phi) is 5.03. The average Bonchev–Trinajstić information content (AvgIpc) is 3.14. The van der Waals surface area contributed by atoms with Gasteiger partial charge in [-0.2, -0.15) is 10.2 Å². The predicted molar refractivity (Wildman–Crippen MR) is 101 cm³/mol. The van der Waals surface area contributed by atoms with Crippen molar-refractivity contribution in [3.05, 3.63) is 64.0 Å². The van der Waals surface area contributed by atoms with E-state index in [0.717, 1.165) is 21.4 Å². The molecule has 0 saturated carbocycles. The smallest absolute Gasteiger partial charge is 0.250 e. The highest BCUT2D eigenvalue weighted by molar-refractivity contribution is 9.10. The van der Waals surface area contributed by atoms with Crippen molar-refractivity contribution >= 4 is 27.7 Å². The van der Waals surface area contributed by atoms with Crippen LogP contribution >= 0.6 is 15.9 Å². The van der Waals surface area contributed by atoms with E-state index < -0.39 is 6.04 Å². The summed E-state index contributed by atoms with van der Waals surface area (Å²) in [6, 6.07) is 11.4. The molecule has 7 heteroatoms. The Morgan fingerprint density at radius 2 is 1.92 bits per heavy atom. The number of carbonyl (C=O) groups is 1. The molecule has 25 heavy (non-hydrogen) atoms. The van der Waals surface area contributed by atoms with Crippen LogP contribution in [0, 0.1) is 13.8 Å². The van der Waals surface area contributed by atoms with Crippen LogP contribution in [0.25, 0.3) is 0 Å². The van der Waals surface area contributed by atoms with Gasteiger partial charge in [-0.15, -0.1) is 0 Å². The maximum Gasteiger partial charge on any atom is 0.250 e. The molecule has 0 radical (unpaired) electrons. The third-order valence-corrected chi connectivity index (χ3v) is 5.21. The minimum absolute atomic E-state index is 0.150. The van der Waals surface area contributed by atoms with Crippen LogP contribution in [0.2, 0.25) is 0 Å². The molecule has 0 aliphatic rings. The van der Waals surface area contributed by atoms with Gasteiger partial charge < -0.3 is 5.32 Å². The van der Waals surface area contributed by atoms with E-state index in [1.807, 2.05) is 57.3 Å². The molecule has 0 fully saturated rings. The minimum Gasteiger partial charge on any atom is -0.307 e. The summed E-state index contributed by atoms with van der Waals surface area (Å²) in [5.41, 5.74) is 2.95. The van der Waals surface area contributed by atoms with Crippen molar-refractivity contribution in [1.29, 1.82) is 0 Å². The summed E-state index contributed by atoms with van der Waals surface area (Å²) >= 11 is 3.49. The number of nitrogens with zero attached hydrogens (tertiary/aromatic N) is 4. The Balaban J connectivity index is 1.68. The highest BCUT2D eigenvalue weighted by atomic mass is 79.9. The van der Waals surface area contributed by atoms with E-state index in [1.54, 1.807) is 15.4 Å². The van der Waals surface area contributed by atoms with E-state index in [9.17, 15) is 4.79 Å². The van der Waals surface area contributed by atoms with Gasteiger partial charge in [-0.05, 0) is 42.3 Å². The van der Waals surface area contributed by atoms with Crippen LogP contribution in [-0.4, -0.2) is 25.5 Å². The lowest BCUT2D eigenvalue weighted by atomic mass is 10.2. The molecule has 1 unspecified atom stereocenters. The number of benzene rings is 1. The molecule has 0 spiro atoms. The third kappa shape index (κ3) is 3.82. The Bertz CT molecular complexity index is 884. The van der Waals surface area contributed by atoms with E-state index >= 15 is 0 Å². The van der Waals surface area contributed by atoms with Gasteiger partial charge in [-0.1, -0.05) is 30.3 Å². The van der Waals surface area contributed by atoms with Crippen molar-refractivity contribution in [3.63, 3.8) is 0 Å². The van der Waals surface area contributed by atoms with E-state index in [0.29, 0.717) is 12.4 Å². The largest absolute Gasteiger partial charge is 0.307 e. The zero-order valence-electron chi connectivity index (χ0n) is 14.4. The molecule has 2 heterocycles. The lowest BCUT2D eigenvalue weighted by Crippen LogP contribution is -2.25. The number of anilines is 1. The molecule has 0 bridgehead atoms.